The lowest BCUT2D eigenvalue weighted by molar-refractivity contribution is -0.139. The van der Waals surface area contributed by atoms with Crippen LogP contribution in [0.15, 0.2) is 48.5 Å². The quantitative estimate of drug-likeness (QED) is 0.421. The maximum absolute atomic E-state index is 12.2. The first-order chi connectivity index (χ1) is 17.0. The molecule has 0 aromatic heterocycles. The molecule has 8 heteroatoms. The fourth-order valence-corrected chi connectivity index (χ4v) is 5.19. The summed E-state index contributed by atoms with van der Waals surface area (Å²) in [5, 5.41) is 14.7. The number of aliphatic carboxylic acids is 1. The number of carboxylic acid groups (broad SMARTS) is 1. The molecule has 8 nitrogen and oxygen atoms in total. The Morgan fingerprint density at radius 3 is 2.20 bits per heavy atom. The highest BCUT2D eigenvalue weighted by molar-refractivity contribution is 5.79. The molecule has 35 heavy (non-hydrogen) atoms. The Balaban J connectivity index is 1.13. The molecule has 0 spiro atoms. The topological polar surface area (TPSA) is 114 Å². The smallest absolute Gasteiger partial charge is 0.407 e. The van der Waals surface area contributed by atoms with E-state index in [-0.39, 0.29) is 51.0 Å². The summed E-state index contributed by atoms with van der Waals surface area (Å²) in [6, 6.07) is 16.3. The van der Waals surface area contributed by atoms with Gasteiger partial charge in [0.1, 0.15) is 6.61 Å². The van der Waals surface area contributed by atoms with Crippen LogP contribution in [0, 0.1) is 0 Å². The van der Waals surface area contributed by atoms with E-state index in [0.29, 0.717) is 12.8 Å². The fourth-order valence-electron chi connectivity index (χ4n) is 5.19. The molecule has 2 aliphatic rings. The molecule has 1 fully saturated rings. The first kappa shape index (κ1) is 24.7. The Kier molecular flexibility index (Phi) is 8.02. The third-order valence-electron chi connectivity index (χ3n) is 6.79. The highest BCUT2D eigenvalue weighted by Crippen LogP contribution is 2.44. The lowest BCUT2D eigenvalue weighted by atomic mass is 9.93. The van der Waals surface area contributed by atoms with Crippen LogP contribution in [0.3, 0.4) is 0 Å². The second-order valence-electron chi connectivity index (χ2n) is 9.22. The molecule has 2 aromatic carbocycles. The summed E-state index contributed by atoms with van der Waals surface area (Å²) in [5.74, 6) is -1.10. The van der Waals surface area contributed by atoms with Gasteiger partial charge in [0, 0.05) is 18.9 Å². The van der Waals surface area contributed by atoms with Gasteiger partial charge in [-0.05, 0) is 35.1 Å². The molecule has 186 valence electrons. The summed E-state index contributed by atoms with van der Waals surface area (Å²) in [6.07, 6.45) is 2.81. The van der Waals surface area contributed by atoms with Gasteiger partial charge in [0.15, 0.2) is 0 Å². The van der Waals surface area contributed by atoms with Crippen LogP contribution >= 0.6 is 0 Å². The van der Waals surface area contributed by atoms with Gasteiger partial charge in [-0.3, -0.25) is 9.59 Å². The molecule has 2 amide bonds. The number of carbonyl (C=O) groups excluding carboxylic acids is 2. The molecule has 0 heterocycles. The molecule has 0 saturated heterocycles. The molecule has 0 aliphatic heterocycles. The van der Waals surface area contributed by atoms with E-state index in [1.165, 1.54) is 11.1 Å². The van der Waals surface area contributed by atoms with Crippen molar-refractivity contribution in [1.29, 1.82) is 0 Å². The summed E-state index contributed by atoms with van der Waals surface area (Å²) >= 11 is 0. The van der Waals surface area contributed by atoms with Crippen molar-refractivity contribution in [3.8, 4) is 11.1 Å². The van der Waals surface area contributed by atoms with Gasteiger partial charge in [-0.1, -0.05) is 61.4 Å². The second kappa shape index (κ2) is 11.4. The molecule has 1 saturated carbocycles. The van der Waals surface area contributed by atoms with Crippen molar-refractivity contribution in [2.75, 3.05) is 26.4 Å². The SMILES string of the molecule is O=C(O)CC1(NC(=O)CCOCCNC(=O)OCC2c3ccccc3-c3ccccc32)CCCC1. The molecular formula is C27H32N2O6. The van der Waals surface area contributed by atoms with Gasteiger partial charge in [0.05, 0.1) is 25.2 Å². The van der Waals surface area contributed by atoms with Gasteiger partial charge in [-0.15, -0.1) is 0 Å². The highest BCUT2D eigenvalue weighted by atomic mass is 16.5. The minimum absolute atomic E-state index is 0.00667. The fraction of sp³-hybridized carbons (Fsp3) is 0.444. The van der Waals surface area contributed by atoms with Crippen molar-refractivity contribution < 1.29 is 29.0 Å². The van der Waals surface area contributed by atoms with Crippen LogP contribution in [0.1, 0.15) is 55.6 Å². The number of nitrogens with one attached hydrogen (secondary N) is 2. The Morgan fingerprint density at radius 1 is 0.943 bits per heavy atom. The molecule has 3 N–H and O–H groups in total. The Labute approximate surface area is 205 Å². The number of benzene rings is 2. The number of alkyl carbamates (subject to hydrolysis) is 1. The van der Waals surface area contributed by atoms with Crippen molar-refractivity contribution >= 4 is 18.0 Å². The Hall–Kier alpha value is -3.39. The van der Waals surface area contributed by atoms with Crippen LogP contribution in [0.5, 0.6) is 0 Å². The van der Waals surface area contributed by atoms with E-state index in [9.17, 15) is 14.4 Å². The summed E-state index contributed by atoms with van der Waals surface area (Å²) in [7, 11) is 0. The monoisotopic (exact) mass is 480 g/mol. The predicted octanol–water partition coefficient (Wildman–Crippen LogP) is 3.84. The first-order valence-corrected chi connectivity index (χ1v) is 12.2. The van der Waals surface area contributed by atoms with E-state index < -0.39 is 17.6 Å². The van der Waals surface area contributed by atoms with Gasteiger partial charge in [0.25, 0.3) is 0 Å². The number of rotatable bonds is 11. The minimum atomic E-state index is -0.900. The molecule has 0 unspecified atom stereocenters. The summed E-state index contributed by atoms with van der Waals surface area (Å²) in [4.78, 5) is 35.6. The third kappa shape index (κ3) is 6.19. The number of hydrogen-bond acceptors (Lipinski definition) is 5. The highest BCUT2D eigenvalue weighted by Gasteiger charge is 2.37. The van der Waals surface area contributed by atoms with Crippen LogP contribution in [0.25, 0.3) is 11.1 Å². The molecule has 2 aromatic rings. The van der Waals surface area contributed by atoms with E-state index in [1.807, 2.05) is 24.3 Å². The number of hydrogen-bond donors (Lipinski definition) is 3. The van der Waals surface area contributed by atoms with Gasteiger partial charge >= 0.3 is 12.1 Å². The van der Waals surface area contributed by atoms with E-state index in [1.54, 1.807) is 0 Å². The molecular weight excluding hydrogens is 448 g/mol. The molecule has 0 bridgehead atoms. The van der Waals surface area contributed by atoms with E-state index >= 15 is 0 Å². The van der Waals surface area contributed by atoms with Crippen LogP contribution in [0.2, 0.25) is 0 Å². The maximum atomic E-state index is 12.2. The van der Waals surface area contributed by atoms with Gasteiger partial charge < -0.3 is 25.2 Å². The normalized spacial score (nSPS) is 15.8. The predicted molar refractivity (Wildman–Crippen MR) is 130 cm³/mol. The minimum Gasteiger partial charge on any atom is -0.481 e. The average molecular weight is 481 g/mol. The van der Waals surface area contributed by atoms with Crippen LogP contribution in [-0.4, -0.2) is 55.0 Å². The molecule has 0 radical (unpaired) electrons. The van der Waals surface area contributed by atoms with Crippen molar-refractivity contribution in [3.05, 3.63) is 59.7 Å². The van der Waals surface area contributed by atoms with Crippen molar-refractivity contribution in [2.24, 2.45) is 0 Å². The van der Waals surface area contributed by atoms with Crippen LogP contribution < -0.4 is 10.6 Å². The standard InChI is InChI=1S/C27H32N2O6/c30-24(29-27(17-25(31)32)12-5-6-13-27)11-15-34-16-14-28-26(33)35-18-23-21-9-3-1-7-19(21)20-8-2-4-10-22(20)23/h1-4,7-10,23H,5-6,11-18H2,(H,28,33)(H,29,30)(H,31,32). The molecule has 4 rings (SSSR count). The molecule has 0 atom stereocenters. The van der Waals surface area contributed by atoms with Crippen LogP contribution in [-0.2, 0) is 19.1 Å². The second-order valence-corrected chi connectivity index (χ2v) is 9.22. The first-order valence-electron chi connectivity index (χ1n) is 12.2. The van der Waals surface area contributed by atoms with E-state index in [2.05, 4.69) is 34.9 Å². The lowest BCUT2D eigenvalue weighted by Crippen LogP contribution is -2.48. The van der Waals surface area contributed by atoms with Crippen molar-refractivity contribution in [2.45, 2.75) is 50.0 Å². The number of carbonyl (C=O) groups is 3. The number of carboxylic acids is 1. The van der Waals surface area contributed by atoms with Crippen molar-refractivity contribution in [1.82, 2.24) is 10.6 Å². The maximum Gasteiger partial charge on any atom is 0.407 e. The Morgan fingerprint density at radius 2 is 1.57 bits per heavy atom. The summed E-state index contributed by atoms with van der Waals surface area (Å²) in [5.41, 5.74) is 4.04. The zero-order valence-corrected chi connectivity index (χ0v) is 19.8. The summed E-state index contributed by atoms with van der Waals surface area (Å²) < 4.78 is 10.9. The largest absolute Gasteiger partial charge is 0.481 e. The molecule has 2 aliphatic carbocycles. The average Bonchev–Trinajstić information content (AvgIpc) is 3.41. The Bertz CT molecular complexity index is 1020. The zero-order chi connectivity index (χ0) is 24.7. The van der Waals surface area contributed by atoms with Crippen molar-refractivity contribution in [3.63, 3.8) is 0 Å². The number of ether oxygens (including phenoxy) is 2. The van der Waals surface area contributed by atoms with Gasteiger partial charge in [-0.2, -0.15) is 0 Å². The third-order valence-corrected chi connectivity index (χ3v) is 6.79. The van der Waals surface area contributed by atoms with Gasteiger partial charge in [0.2, 0.25) is 5.91 Å². The van der Waals surface area contributed by atoms with E-state index in [4.69, 9.17) is 14.6 Å². The number of amides is 2. The van der Waals surface area contributed by atoms with E-state index in [0.717, 1.165) is 24.0 Å². The number of fused-ring (bicyclic) bond motifs is 3. The lowest BCUT2D eigenvalue weighted by Gasteiger charge is -2.28. The van der Waals surface area contributed by atoms with Crippen LogP contribution in [0.4, 0.5) is 4.79 Å². The van der Waals surface area contributed by atoms with Gasteiger partial charge in [-0.25, -0.2) is 4.79 Å². The summed E-state index contributed by atoms with van der Waals surface area (Å²) in [6.45, 7) is 0.958. The zero-order valence-electron chi connectivity index (χ0n) is 19.8.